The highest BCUT2D eigenvalue weighted by Crippen LogP contribution is 2.34. The monoisotopic (exact) mass is 457 g/mol. The number of esters is 1. The molecular weight excluding hydrogens is 434 g/mol. The molecular formula is C18H24ClN5O3S2. The summed E-state index contributed by atoms with van der Waals surface area (Å²) in [4.78, 5) is 26.5. The Hall–Kier alpha value is -2.17. The van der Waals surface area contributed by atoms with E-state index in [4.69, 9.17) is 28.6 Å². The number of nitrogens with one attached hydrogen (secondary N) is 2. The number of halogens is 1. The maximum absolute atomic E-state index is 12.4. The molecule has 2 N–H and O–H groups in total. The van der Waals surface area contributed by atoms with E-state index in [0.717, 1.165) is 12.1 Å². The first-order valence-electron chi connectivity index (χ1n) is 8.83. The second kappa shape index (κ2) is 10.0. The van der Waals surface area contributed by atoms with Crippen molar-refractivity contribution in [2.45, 2.75) is 26.8 Å². The number of carbonyl (C=O) groups excluding carboxylic acids is 2. The molecule has 0 fully saturated rings. The molecule has 0 saturated heterocycles. The summed E-state index contributed by atoms with van der Waals surface area (Å²) in [6, 6.07) is 0. The number of hydrogen-bond acceptors (Lipinski definition) is 6. The number of aromatic nitrogens is 2. The number of amides is 1. The second-order valence-corrected chi connectivity index (χ2v) is 8.32. The molecule has 0 bridgehead atoms. The molecule has 0 aromatic carbocycles. The van der Waals surface area contributed by atoms with Gasteiger partial charge in [-0.15, -0.1) is 11.3 Å². The molecule has 2 heterocycles. The molecule has 2 aromatic rings. The topological polar surface area (TPSA) is 88.5 Å². The zero-order chi connectivity index (χ0) is 21.7. The van der Waals surface area contributed by atoms with Crippen LogP contribution in [0.25, 0.3) is 0 Å². The molecule has 8 nitrogen and oxygen atoms in total. The van der Waals surface area contributed by atoms with Gasteiger partial charge in [-0.05, 0) is 38.0 Å². The number of anilines is 1. The van der Waals surface area contributed by atoms with E-state index in [0.29, 0.717) is 44.2 Å². The van der Waals surface area contributed by atoms with Crippen LogP contribution in [0, 0.1) is 13.8 Å². The highest BCUT2D eigenvalue weighted by molar-refractivity contribution is 7.80. The molecule has 2 aromatic heterocycles. The lowest BCUT2D eigenvalue weighted by molar-refractivity contribution is 0.0601. The Morgan fingerprint density at radius 1 is 1.38 bits per heavy atom. The number of thiocarbonyl (C=S) groups is 1. The van der Waals surface area contributed by atoms with Crippen molar-refractivity contribution in [3.8, 4) is 0 Å². The summed E-state index contributed by atoms with van der Waals surface area (Å²) in [5.41, 5.74) is 1.80. The highest BCUT2D eigenvalue weighted by atomic mass is 35.5. The van der Waals surface area contributed by atoms with Crippen molar-refractivity contribution in [2.75, 3.05) is 33.1 Å². The van der Waals surface area contributed by atoms with Crippen LogP contribution in [0.15, 0.2) is 6.20 Å². The van der Waals surface area contributed by atoms with Crippen LogP contribution >= 0.6 is 35.2 Å². The second-order valence-electron chi connectivity index (χ2n) is 6.49. The van der Waals surface area contributed by atoms with Crippen LogP contribution in [-0.2, 0) is 11.3 Å². The number of carbonyl (C=O) groups is 2. The predicted octanol–water partition coefficient (Wildman–Crippen LogP) is 3.08. The third kappa shape index (κ3) is 5.46. The van der Waals surface area contributed by atoms with Crippen LogP contribution < -0.4 is 10.6 Å². The van der Waals surface area contributed by atoms with Crippen molar-refractivity contribution < 1.29 is 14.3 Å². The largest absolute Gasteiger partial charge is 0.465 e. The molecule has 0 aliphatic rings. The average molecular weight is 458 g/mol. The van der Waals surface area contributed by atoms with Crippen molar-refractivity contribution in [1.82, 2.24) is 20.0 Å². The summed E-state index contributed by atoms with van der Waals surface area (Å²) in [5.74, 6) is -0.703. The minimum absolute atomic E-state index is 0.183. The molecule has 11 heteroatoms. The minimum Gasteiger partial charge on any atom is -0.465 e. The smallest absolute Gasteiger partial charge is 0.341 e. The van der Waals surface area contributed by atoms with Gasteiger partial charge >= 0.3 is 5.97 Å². The van der Waals surface area contributed by atoms with Gasteiger partial charge in [-0.2, -0.15) is 5.10 Å². The fourth-order valence-corrected chi connectivity index (χ4v) is 4.21. The van der Waals surface area contributed by atoms with Crippen LogP contribution in [0.2, 0.25) is 5.02 Å². The van der Waals surface area contributed by atoms with Gasteiger partial charge < -0.3 is 20.3 Å². The lowest BCUT2D eigenvalue weighted by Gasteiger charge is -2.11. The molecule has 158 valence electrons. The number of rotatable bonds is 7. The summed E-state index contributed by atoms with van der Waals surface area (Å²) in [7, 11) is 4.62. The van der Waals surface area contributed by atoms with Crippen LogP contribution in [0.4, 0.5) is 5.00 Å². The van der Waals surface area contributed by atoms with E-state index in [2.05, 4.69) is 15.7 Å². The van der Waals surface area contributed by atoms with E-state index in [9.17, 15) is 9.59 Å². The zero-order valence-corrected chi connectivity index (χ0v) is 19.3. The van der Waals surface area contributed by atoms with Crippen LogP contribution in [-0.4, -0.2) is 59.4 Å². The van der Waals surface area contributed by atoms with Gasteiger partial charge in [-0.25, -0.2) is 4.79 Å². The Kier molecular flexibility index (Phi) is 8.00. The summed E-state index contributed by atoms with van der Waals surface area (Å²) in [6.45, 7) is 4.93. The van der Waals surface area contributed by atoms with E-state index in [1.807, 2.05) is 11.6 Å². The fourth-order valence-electron chi connectivity index (χ4n) is 2.58. The van der Waals surface area contributed by atoms with Crippen molar-refractivity contribution in [3.05, 3.63) is 32.9 Å². The SMILES string of the molecule is COC(=O)c1c(NC(=S)NCCCn2ncc(Cl)c2C)sc(C(=O)N(C)C)c1C. The van der Waals surface area contributed by atoms with Crippen molar-refractivity contribution in [3.63, 3.8) is 0 Å². The minimum atomic E-state index is -0.520. The van der Waals surface area contributed by atoms with Gasteiger partial charge in [-0.1, -0.05) is 11.6 Å². The summed E-state index contributed by atoms with van der Waals surface area (Å²) in [6.07, 6.45) is 2.40. The third-order valence-corrected chi connectivity index (χ3v) is 6.05. The molecule has 0 saturated carbocycles. The summed E-state index contributed by atoms with van der Waals surface area (Å²) in [5, 5.41) is 11.8. The normalized spacial score (nSPS) is 10.6. The van der Waals surface area contributed by atoms with Gasteiger partial charge in [0.25, 0.3) is 5.91 Å². The molecule has 0 atom stereocenters. The van der Waals surface area contributed by atoms with Gasteiger partial charge in [-0.3, -0.25) is 9.48 Å². The first kappa shape index (κ1) is 23.1. The molecule has 0 aliphatic heterocycles. The fraction of sp³-hybridized carbons (Fsp3) is 0.444. The number of ether oxygens (including phenoxy) is 1. The lowest BCUT2D eigenvalue weighted by Crippen LogP contribution is -2.30. The van der Waals surface area contributed by atoms with E-state index < -0.39 is 5.97 Å². The first-order chi connectivity index (χ1) is 13.7. The van der Waals surface area contributed by atoms with Gasteiger partial charge in [0.05, 0.1) is 34.5 Å². The predicted molar refractivity (Wildman–Crippen MR) is 119 cm³/mol. The van der Waals surface area contributed by atoms with Gasteiger partial charge in [0.15, 0.2) is 5.11 Å². The molecule has 29 heavy (non-hydrogen) atoms. The van der Waals surface area contributed by atoms with Gasteiger partial charge in [0.1, 0.15) is 5.00 Å². The number of methoxy groups -OCH3 is 1. The third-order valence-electron chi connectivity index (χ3n) is 4.24. The molecule has 0 radical (unpaired) electrons. The van der Waals surface area contributed by atoms with E-state index in [-0.39, 0.29) is 5.91 Å². The van der Waals surface area contributed by atoms with E-state index in [1.165, 1.54) is 23.3 Å². The van der Waals surface area contributed by atoms with Crippen LogP contribution in [0.5, 0.6) is 0 Å². The van der Waals surface area contributed by atoms with Gasteiger partial charge in [0.2, 0.25) is 0 Å². The lowest BCUT2D eigenvalue weighted by atomic mass is 10.1. The van der Waals surface area contributed by atoms with Crippen LogP contribution in [0.3, 0.4) is 0 Å². The summed E-state index contributed by atoms with van der Waals surface area (Å²) >= 11 is 12.5. The number of aryl methyl sites for hydroxylation is 1. The maximum atomic E-state index is 12.4. The Bertz CT molecular complexity index is 923. The average Bonchev–Trinajstić information content (AvgIpc) is 3.17. The number of hydrogen-bond donors (Lipinski definition) is 2. The molecule has 0 aliphatic carbocycles. The van der Waals surface area contributed by atoms with Crippen LogP contribution in [0.1, 0.15) is 37.7 Å². The Morgan fingerprint density at radius 2 is 2.07 bits per heavy atom. The Morgan fingerprint density at radius 3 is 2.62 bits per heavy atom. The van der Waals surface area contributed by atoms with E-state index >= 15 is 0 Å². The summed E-state index contributed by atoms with van der Waals surface area (Å²) < 4.78 is 6.70. The first-order valence-corrected chi connectivity index (χ1v) is 10.4. The Labute approximate surface area is 184 Å². The van der Waals surface area contributed by atoms with Gasteiger partial charge in [0, 0.05) is 27.2 Å². The molecule has 2 rings (SSSR count). The van der Waals surface area contributed by atoms with E-state index in [1.54, 1.807) is 27.2 Å². The Balaban J connectivity index is 2.03. The zero-order valence-electron chi connectivity index (χ0n) is 17.0. The standard InChI is InChI=1S/C18H24ClN5O3S2/c1-10-13(17(26)27-5)15(29-14(10)16(25)23(3)4)22-18(28)20-7-6-8-24-11(2)12(19)9-21-24/h9H,6-8H2,1-5H3,(H2,20,22,28). The number of thiophene rings is 1. The highest BCUT2D eigenvalue weighted by Gasteiger charge is 2.26. The quantitative estimate of drug-likeness (QED) is 0.375. The van der Waals surface area contributed by atoms with Crippen molar-refractivity contribution in [2.24, 2.45) is 0 Å². The number of nitrogens with zero attached hydrogens (tertiary/aromatic N) is 3. The molecule has 0 spiro atoms. The van der Waals surface area contributed by atoms with Crippen molar-refractivity contribution in [1.29, 1.82) is 0 Å². The molecule has 0 unspecified atom stereocenters. The maximum Gasteiger partial charge on any atom is 0.341 e. The molecule has 1 amide bonds. The van der Waals surface area contributed by atoms with Crippen molar-refractivity contribution >= 4 is 57.1 Å².